The lowest BCUT2D eigenvalue weighted by Crippen LogP contribution is -2.42. The second-order valence-electron chi connectivity index (χ2n) is 3.44. The summed E-state index contributed by atoms with van der Waals surface area (Å²) in [5, 5.41) is 2.98. The second kappa shape index (κ2) is 3.74. The van der Waals surface area contributed by atoms with Gasteiger partial charge in [-0.3, -0.25) is 4.79 Å². The largest absolute Gasteiger partial charge is 0.353 e. The first-order chi connectivity index (χ1) is 5.24. The van der Waals surface area contributed by atoms with Crippen LogP contribution in [0.15, 0.2) is 0 Å². The molecule has 0 radical (unpaired) electrons. The molecule has 2 atom stereocenters. The molecule has 0 aromatic rings. The molecule has 1 heterocycles. The standard InChI is InChI=1S/C9H17NO/c1-3-4-8-5-6-9(11)10-7(8)2/h7-8H,3-6H2,1-2H3,(H,10,11). The summed E-state index contributed by atoms with van der Waals surface area (Å²) in [5.41, 5.74) is 0. The number of rotatable bonds is 2. The predicted octanol–water partition coefficient (Wildman–Crippen LogP) is 1.70. The summed E-state index contributed by atoms with van der Waals surface area (Å²) < 4.78 is 0. The average Bonchev–Trinajstić information content (AvgIpc) is 1.95. The van der Waals surface area contributed by atoms with E-state index in [0.717, 1.165) is 18.8 Å². The molecule has 1 saturated heterocycles. The first-order valence-electron chi connectivity index (χ1n) is 4.53. The molecule has 0 aliphatic carbocycles. The lowest BCUT2D eigenvalue weighted by Gasteiger charge is -2.29. The zero-order valence-electron chi connectivity index (χ0n) is 7.39. The highest BCUT2D eigenvalue weighted by Gasteiger charge is 2.23. The molecule has 1 amide bonds. The van der Waals surface area contributed by atoms with Crippen molar-refractivity contribution in [3.8, 4) is 0 Å². The number of amides is 1. The maximum Gasteiger partial charge on any atom is 0.220 e. The molecule has 0 aromatic heterocycles. The van der Waals surface area contributed by atoms with Crippen molar-refractivity contribution >= 4 is 5.91 Å². The number of carbonyl (C=O) groups is 1. The van der Waals surface area contributed by atoms with Gasteiger partial charge in [-0.15, -0.1) is 0 Å². The molecule has 2 nitrogen and oxygen atoms in total. The van der Waals surface area contributed by atoms with Crippen LogP contribution in [-0.2, 0) is 4.79 Å². The van der Waals surface area contributed by atoms with E-state index in [1.165, 1.54) is 12.8 Å². The third-order valence-corrected chi connectivity index (χ3v) is 2.50. The number of hydrogen-bond donors (Lipinski definition) is 1. The molecule has 1 fully saturated rings. The van der Waals surface area contributed by atoms with Crippen LogP contribution in [0.4, 0.5) is 0 Å². The minimum Gasteiger partial charge on any atom is -0.353 e. The van der Waals surface area contributed by atoms with Gasteiger partial charge < -0.3 is 5.32 Å². The van der Waals surface area contributed by atoms with Gasteiger partial charge in [-0.25, -0.2) is 0 Å². The quantitative estimate of drug-likeness (QED) is 0.646. The monoisotopic (exact) mass is 155 g/mol. The van der Waals surface area contributed by atoms with Gasteiger partial charge in [-0.2, -0.15) is 0 Å². The molecule has 0 saturated carbocycles. The van der Waals surface area contributed by atoms with Gasteiger partial charge >= 0.3 is 0 Å². The lowest BCUT2D eigenvalue weighted by molar-refractivity contribution is -0.124. The number of carbonyl (C=O) groups excluding carboxylic acids is 1. The molecule has 1 aliphatic rings. The first-order valence-corrected chi connectivity index (χ1v) is 4.53. The molecular formula is C9H17NO. The van der Waals surface area contributed by atoms with Crippen LogP contribution in [0.25, 0.3) is 0 Å². The fourth-order valence-corrected chi connectivity index (χ4v) is 1.78. The number of hydrogen-bond acceptors (Lipinski definition) is 1. The maximum absolute atomic E-state index is 10.9. The van der Waals surface area contributed by atoms with Crippen molar-refractivity contribution in [2.45, 2.75) is 45.6 Å². The van der Waals surface area contributed by atoms with Crippen molar-refractivity contribution in [3.05, 3.63) is 0 Å². The summed E-state index contributed by atoms with van der Waals surface area (Å²) in [4.78, 5) is 10.9. The van der Waals surface area contributed by atoms with Crippen molar-refractivity contribution in [2.75, 3.05) is 0 Å². The Bertz CT molecular complexity index is 144. The van der Waals surface area contributed by atoms with E-state index in [2.05, 4.69) is 19.2 Å². The summed E-state index contributed by atoms with van der Waals surface area (Å²) in [5.74, 6) is 0.947. The minimum atomic E-state index is 0.227. The van der Waals surface area contributed by atoms with E-state index >= 15 is 0 Å². The fraction of sp³-hybridized carbons (Fsp3) is 0.889. The topological polar surface area (TPSA) is 29.1 Å². The maximum atomic E-state index is 10.9. The van der Waals surface area contributed by atoms with Gasteiger partial charge in [0.05, 0.1) is 0 Å². The molecule has 11 heavy (non-hydrogen) atoms. The molecular weight excluding hydrogens is 138 g/mol. The highest BCUT2D eigenvalue weighted by molar-refractivity contribution is 5.77. The Morgan fingerprint density at radius 2 is 2.36 bits per heavy atom. The van der Waals surface area contributed by atoms with Gasteiger partial charge in [0.15, 0.2) is 0 Å². The van der Waals surface area contributed by atoms with E-state index in [9.17, 15) is 4.79 Å². The van der Waals surface area contributed by atoms with Gasteiger partial charge in [0, 0.05) is 12.5 Å². The Labute approximate surface area is 68.4 Å². The Balaban J connectivity index is 2.37. The third-order valence-electron chi connectivity index (χ3n) is 2.50. The van der Waals surface area contributed by atoms with Gasteiger partial charge in [0.1, 0.15) is 0 Å². The zero-order valence-corrected chi connectivity index (χ0v) is 7.39. The normalized spacial score (nSPS) is 31.6. The Hall–Kier alpha value is -0.530. The molecule has 1 aliphatic heterocycles. The number of piperidine rings is 1. The van der Waals surface area contributed by atoms with Crippen molar-refractivity contribution in [1.82, 2.24) is 5.32 Å². The van der Waals surface area contributed by atoms with Crippen LogP contribution >= 0.6 is 0 Å². The zero-order chi connectivity index (χ0) is 8.27. The van der Waals surface area contributed by atoms with Crippen molar-refractivity contribution in [2.24, 2.45) is 5.92 Å². The van der Waals surface area contributed by atoms with E-state index in [-0.39, 0.29) is 5.91 Å². The molecule has 0 spiro atoms. The van der Waals surface area contributed by atoms with E-state index in [4.69, 9.17) is 0 Å². The van der Waals surface area contributed by atoms with Crippen molar-refractivity contribution in [1.29, 1.82) is 0 Å². The van der Waals surface area contributed by atoms with E-state index < -0.39 is 0 Å². The molecule has 1 rings (SSSR count). The molecule has 2 heteroatoms. The Morgan fingerprint density at radius 1 is 1.64 bits per heavy atom. The number of nitrogens with one attached hydrogen (secondary N) is 1. The van der Waals surface area contributed by atoms with Crippen molar-refractivity contribution < 1.29 is 4.79 Å². The molecule has 64 valence electrons. The summed E-state index contributed by atoms with van der Waals surface area (Å²) >= 11 is 0. The van der Waals surface area contributed by atoms with Crippen LogP contribution in [-0.4, -0.2) is 11.9 Å². The third kappa shape index (κ3) is 2.21. The highest BCUT2D eigenvalue weighted by Crippen LogP contribution is 2.21. The molecule has 0 aromatic carbocycles. The van der Waals surface area contributed by atoms with Crippen LogP contribution in [0.1, 0.15) is 39.5 Å². The van der Waals surface area contributed by atoms with Gasteiger partial charge in [0.2, 0.25) is 5.91 Å². The highest BCUT2D eigenvalue weighted by atomic mass is 16.1. The van der Waals surface area contributed by atoms with Crippen LogP contribution in [0.2, 0.25) is 0 Å². The predicted molar refractivity (Wildman–Crippen MR) is 45.2 cm³/mol. The average molecular weight is 155 g/mol. The first kappa shape index (κ1) is 8.57. The summed E-state index contributed by atoms with van der Waals surface area (Å²) in [6, 6.07) is 0.399. The van der Waals surface area contributed by atoms with E-state index in [1.807, 2.05) is 0 Å². The van der Waals surface area contributed by atoms with Crippen LogP contribution in [0.3, 0.4) is 0 Å². The van der Waals surface area contributed by atoms with Crippen molar-refractivity contribution in [3.63, 3.8) is 0 Å². The van der Waals surface area contributed by atoms with Crippen LogP contribution < -0.4 is 5.32 Å². The molecule has 2 unspecified atom stereocenters. The van der Waals surface area contributed by atoms with Gasteiger partial charge in [-0.1, -0.05) is 13.3 Å². The lowest BCUT2D eigenvalue weighted by atomic mass is 9.88. The fourth-order valence-electron chi connectivity index (χ4n) is 1.78. The Morgan fingerprint density at radius 3 is 2.91 bits per heavy atom. The van der Waals surface area contributed by atoms with Gasteiger partial charge in [-0.05, 0) is 25.7 Å². The van der Waals surface area contributed by atoms with E-state index in [0.29, 0.717) is 6.04 Å². The van der Waals surface area contributed by atoms with Gasteiger partial charge in [0.25, 0.3) is 0 Å². The smallest absolute Gasteiger partial charge is 0.220 e. The second-order valence-corrected chi connectivity index (χ2v) is 3.44. The molecule has 1 N–H and O–H groups in total. The van der Waals surface area contributed by atoms with Crippen LogP contribution in [0, 0.1) is 5.92 Å². The molecule has 0 bridgehead atoms. The summed E-state index contributed by atoms with van der Waals surface area (Å²) in [7, 11) is 0. The summed E-state index contributed by atoms with van der Waals surface area (Å²) in [6.07, 6.45) is 4.29. The minimum absolute atomic E-state index is 0.227. The SMILES string of the molecule is CCCC1CCC(=O)NC1C. The van der Waals surface area contributed by atoms with E-state index in [1.54, 1.807) is 0 Å². The summed E-state index contributed by atoms with van der Waals surface area (Å²) in [6.45, 7) is 4.31. The van der Waals surface area contributed by atoms with Crippen LogP contribution in [0.5, 0.6) is 0 Å². The Kier molecular flexibility index (Phi) is 2.92.